The third kappa shape index (κ3) is 4.33. The van der Waals surface area contributed by atoms with E-state index in [4.69, 9.17) is 15.6 Å². The summed E-state index contributed by atoms with van der Waals surface area (Å²) in [7, 11) is 0. The number of carboxylic acids is 1. The van der Waals surface area contributed by atoms with Crippen LogP contribution in [0.4, 0.5) is 0 Å². The van der Waals surface area contributed by atoms with Gasteiger partial charge in [-0.15, -0.1) is 0 Å². The second-order valence-electron chi connectivity index (χ2n) is 5.00. The van der Waals surface area contributed by atoms with Gasteiger partial charge in [-0.25, -0.2) is 0 Å². The molecule has 2 aromatic carbocycles. The molecule has 0 heterocycles. The second-order valence-corrected chi connectivity index (χ2v) is 5.00. The van der Waals surface area contributed by atoms with Crippen molar-refractivity contribution >= 4 is 5.97 Å². The van der Waals surface area contributed by atoms with Crippen LogP contribution in [-0.4, -0.2) is 11.1 Å². The fourth-order valence-electron chi connectivity index (χ4n) is 2.04. The zero-order valence-corrected chi connectivity index (χ0v) is 12.0. The van der Waals surface area contributed by atoms with E-state index in [1.807, 2.05) is 55.5 Å². The predicted octanol–water partition coefficient (Wildman–Crippen LogP) is 3.05. The Bertz CT molecular complexity index is 611. The molecule has 2 rings (SSSR count). The van der Waals surface area contributed by atoms with Crippen molar-refractivity contribution < 1.29 is 14.6 Å². The number of hydrogen-bond donors (Lipinski definition) is 2. The lowest BCUT2D eigenvalue weighted by Gasteiger charge is -2.14. The van der Waals surface area contributed by atoms with Crippen molar-refractivity contribution in [1.29, 1.82) is 0 Å². The molecule has 0 aliphatic heterocycles. The summed E-state index contributed by atoms with van der Waals surface area (Å²) in [4.78, 5) is 10.7. The number of hydrogen-bond acceptors (Lipinski definition) is 3. The van der Waals surface area contributed by atoms with Crippen LogP contribution in [-0.2, 0) is 11.4 Å². The lowest BCUT2D eigenvalue weighted by Crippen LogP contribution is -2.15. The van der Waals surface area contributed by atoms with Crippen LogP contribution in [0.25, 0.3) is 0 Å². The summed E-state index contributed by atoms with van der Waals surface area (Å²) in [5, 5.41) is 8.81. The summed E-state index contributed by atoms with van der Waals surface area (Å²) in [6, 6.07) is 14.9. The molecular weight excluding hydrogens is 266 g/mol. The molecular formula is C17H19NO3. The molecule has 0 saturated heterocycles. The molecule has 110 valence electrons. The Morgan fingerprint density at radius 2 is 1.95 bits per heavy atom. The Labute approximate surface area is 124 Å². The highest BCUT2D eigenvalue weighted by Crippen LogP contribution is 2.24. The predicted molar refractivity (Wildman–Crippen MR) is 81.1 cm³/mol. The molecule has 0 saturated carbocycles. The molecule has 4 heteroatoms. The molecule has 1 unspecified atom stereocenters. The third-order valence-electron chi connectivity index (χ3n) is 3.27. The van der Waals surface area contributed by atoms with Gasteiger partial charge in [0.1, 0.15) is 12.4 Å². The molecule has 0 bridgehead atoms. The fraction of sp³-hybridized carbons (Fsp3) is 0.235. The first kappa shape index (κ1) is 15.1. The maximum atomic E-state index is 10.7. The monoisotopic (exact) mass is 285 g/mol. The van der Waals surface area contributed by atoms with Gasteiger partial charge in [0.15, 0.2) is 0 Å². The van der Waals surface area contributed by atoms with Crippen LogP contribution >= 0.6 is 0 Å². The van der Waals surface area contributed by atoms with Gasteiger partial charge in [-0.1, -0.05) is 42.5 Å². The molecule has 3 N–H and O–H groups in total. The summed E-state index contributed by atoms with van der Waals surface area (Å²) < 4.78 is 5.82. The number of carboxylic acid groups (broad SMARTS) is 1. The Hall–Kier alpha value is -2.33. The van der Waals surface area contributed by atoms with Crippen molar-refractivity contribution in [1.82, 2.24) is 0 Å². The number of carbonyl (C=O) groups is 1. The van der Waals surface area contributed by atoms with Crippen LogP contribution in [0, 0.1) is 6.92 Å². The first-order chi connectivity index (χ1) is 10.1. The van der Waals surface area contributed by atoms with E-state index in [-0.39, 0.29) is 6.42 Å². The smallest absolute Gasteiger partial charge is 0.305 e. The molecule has 0 aromatic heterocycles. The molecule has 0 radical (unpaired) electrons. The van der Waals surface area contributed by atoms with Gasteiger partial charge in [-0.3, -0.25) is 4.79 Å². The maximum absolute atomic E-state index is 10.7. The van der Waals surface area contributed by atoms with E-state index in [1.54, 1.807) is 0 Å². The average Bonchev–Trinajstić information content (AvgIpc) is 2.46. The summed E-state index contributed by atoms with van der Waals surface area (Å²) in [6.45, 7) is 2.42. The van der Waals surface area contributed by atoms with Crippen molar-refractivity contribution in [2.24, 2.45) is 5.73 Å². The Morgan fingerprint density at radius 3 is 2.62 bits per heavy atom. The molecule has 0 amide bonds. The standard InChI is InChI=1S/C17H19NO3/c1-12-7-8-14(15(18)10-17(19)20)9-16(12)21-11-13-5-3-2-4-6-13/h2-9,15H,10-11,18H2,1H3,(H,19,20). The van der Waals surface area contributed by atoms with Gasteiger partial charge in [0, 0.05) is 6.04 Å². The van der Waals surface area contributed by atoms with Crippen molar-refractivity contribution in [2.45, 2.75) is 26.0 Å². The van der Waals surface area contributed by atoms with Gasteiger partial charge in [0.05, 0.1) is 6.42 Å². The van der Waals surface area contributed by atoms with Crippen LogP contribution in [0.2, 0.25) is 0 Å². The van der Waals surface area contributed by atoms with E-state index in [2.05, 4.69) is 0 Å². The highest BCUT2D eigenvalue weighted by Gasteiger charge is 2.12. The lowest BCUT2D eigenvalue weighted by atomic mass is 10.0. The molecule has 0 aliphatic carbocycles. The molecule has 0 fully saturated rings. The van der Waals surface area contributed by atoms with Gasteiger partial charge in [-0.2, -0.15) is 0 Å². The van der Waals surface area contributed by atoms with E-state index in [1.165, 1.54) is 0 Å². The second kappa shape index (κ2) is 6.90. The fourth-order valence-corrected chi connectivity index (χ4v) is 2.04. The van der Waals surface area contributed by atoms with Crippen LogP contribution < -0.4 is 10.5 Å². The largest absolute Gasteiger partial charge is 0.489 e. The Morgan fingerprint density at radius 1 is 1.24 bits per heavy atom. The topological polar surface area (TPSA) is 72.6 Å². The zero-order valence-electron chi connectivity index (χ0n) is 12.0. The minimum atomic E-state index is -0.908. The van der Waals surface area contributed by atoms with Crippen molar-refractivity contribution in [2.75, 3.05) is 0 Å². The van der Waals surface area contributed by atoms with Crippen LogP contribution in [0.5, 0.6) is 5.75 Å². The van der Waals surface area contributed by atoms with E-state index in [0.717, 1.165) is 22.4 Å². The average molecular weight is 285 g/mol. The lowest BCUT2D eigenvalue weighted by molar-refractivity contribution is -0.137. The van der Waals surface area contributed by atoms with Crippen molar-refractivity contribution in [3.8, 4) is 5.75 Å². The SMILES string of the molecule is Cc1ccc(C(N)CC(=O)O)cc1OCc1ccccc1. The van der Waals surface area contributed by atoms with Crippen molar-refractivity contribution in [3.05, 3.63) is 65.2 Å². The van der Waals surface area contributed by atoms with Gasteiger partial charge in [0.2, 0.25) is 0 Å². The highest BCUT2D eigenvalue weighted by atomic mass is 16.5. The summed E-state index contributed by atoms with van der Waals surface area (Å²) in [6.07, 6.45) is -0.0960. The van der Waals surface area contributed by atoms with Crippen LogP contribution in [0.3, 0.4) is 0 Å². The van der Waals surface area contributed by atoms with E-state index >= 15 is 0 Å². The molecule has 4 nitrogen and oxygen atoms in total. The molecule has 0 aliphatic rings. The minimum absolute atomic E-state index is 0.0960. The molecule has 0 spiro atoms. The summed E-state index contributed by atoms with van der Waals surface area (Å²) in [5.74, 6) is -0.174. The quantitative estimate of drug-likeness (QED) is 0.855. The van der Waals surface area contributed by atoms with E-state index < -0.39 is 12.0 Å². The van der Waals surface area contributed by atoms with Crippen molar-refractivity contribution in [3.63, 3.8) is 0 Å². The number of aryl methyl sites for hydroxylation is 1. The van der Waals surface area contributed by atoms with Gasteiger partial charge >= 0.3 is 5.97 Å². The van der Waals surface area contributed by atoms with Gasteiger partial charge in [-0.05, 0) is 29.7 Å². The molecule has 21 heavy (non-hydrogen) atoms. The Balaban J connectivity index is 2.10. The first-order valence-corrected chi connectivity index (χ1v) is 6.81. The molecule has 2 aromatic rings. The number of benzene rings is 2. The van der Waals surface area contributed by atoms with E-state index in [9.17, 15) is 4.79 Å². The zero-order chi connectivity index (χ0) is 15.2. The van der Waals surface area contributed by atoms with Gasteiger partial charge in [0.25, 0.3) is 0 Å². The Kier molecular flexibility index (Phi) is 4.95. The number of nitrogens with two attached hydrogens (primary N) is 1. The summed E-state index contributed by atoms with van der Waals surface area (Å²) in [5.41, 5.74) is 8.73. The minimum Gasteiger partial charge on any atom is -0.489 e. The van der Waals surface area contributed by atoms with Gasteiger partial charge < -0.3 is 15.6 Å². The normalized spacial score (nSPS) is 11.9. The molecule has 1 atom stereocenters. The summed E-state index contributed by atoms with van der Waals surface area (Å²) >= 11 is 0. The highest BCUT2D eigenvalue weighted by molar-refractivity contribution is 5.68. The van der Waals surface area contributed by atoms with Crippen LogP contribution in [0.1, 0.15) is 29.2 Å². The number of rotatable bonds is 6. The van der Waals surface area contributed by atoms with Crippen LogP contribution in [0.15, 0.2) is 48.5 Å². The number of ether oxygens (including phenoxy) is 1. The number of aliphatic carboxylic acids is 1. The first-order valence-electron chi connectivity index (χ1n) is 6.81. The maximum Gasteiger partial charge on any atom is 0.305 e. The van der Waals surface area contributed by atoms with E-state index in [0.29, 0.717) is 6.61 Å². The third-order valence-corrected chi connectivity index (χ3v) is 3.27.